The largest absolute Gasteiger partial charge is 0.383 e. The third kappa shape index (κ3) is 2.53. The molecule has 7 heteroatoms. The summed E-state index contributed by atoms with van der Waals surface area (Å²) in [5.41, 5.74) is 5.54. The zero-order chi connectivity index (χ0) is 12.7. The van der Waals surface area contributed by atoms with Crippen molar-refractivity contribution in [1.82, 2.24) is 14.5 Å². The van der Waals surface area contributed by atoms with Crippen molar-refractivity contribution < 1.29 is 8.42 Å². The highest BCUT2D eigenvalue weighted by Crippen LogP contribution is 2.22. The van der Waals surface area contributed by atoms with Crippen LogP contribution in [-0.4, -0.2) is 23.7 Å². The molecule has 1 heterocycles. The monoisotopic (exact) mass is 246 g/mol. The summed E-state index contributed by atoms with van der Waals surface area (Å²) in [6, 6.07) is 0. The smallest absolute Gasteiger partial charge is 0.246 e. The van der Waals surface area contributed by atoms with Crippen molar-refractivity contribution in [2.75, 3.05) is 5.73 Å². The van der Waals surface area contributed by atoms with Crippen LogP contribution in [0.2, 0.25) is 0 Å². The highest BCUT2D eigenvalue weighted by molar-refractivity contribution is 7.89. The van der Waals surface area contributed by atoms with Crippen LogP contribution in [0.1, 0.15) is 26.5 Å². The fourth-order valence-electron chi connectivity index (χ4n) is 1.44. The predicted octanol–water partition coefficient (Wildman–Crippen LogP) is 0.388. The van der Waals surface area contributed by atoms with Crippen LogP contribution in [-0.2, 0) is 17.1 Å². The number of nitrogens with zero attached hydrogens (tertiary/aromatic N) is 2. The van der Waals surface area contributed by atoms with Crippen LogP contribution < -0.4 is 10.5 Å². The average molecular weight is 246 g/mol. The number of sulfonamides is 1. The Morgan fingerprint density at radius 3 is 2.19 bits per heavy atom. The second-order valence-electron chi connectivity index (χ2n) is 4.78. The molecule has 3 N–H and O–H groups in total. The summed E-state index contributed by atoms with van der Waals surface area (Å²) >= 11 is 0. The lowest BCUT2D eigenvalue weighted by Crippen LogP contribution is -2.40. The van der Waals surface area contributed by atoms with E-state index in [1.807, 2.05) is 0 Å². The summed E-state index contributed by atoms with van der Waals surface area (Å²) in [4.78, 5) is 0.0601. The van der Waals surface area contributed by atoms with Gasteiger partial charge < -0.3 is 5.73 Å². The van der Waals surface area contributed by atoms with Gasteiger partial charge in [0, 0.05) is 12.6 Å². The van der Waals surface area contributed by atoms with Crippen LogP contribution in [0.5, 0.6) is 0 Å². The number of rotatable bonds is 2. The maximum absolute atomic E-state index is 12.1. The molecule has 1 aromatic heterocycles. The highest BCUT2D eigenvalue weighted by atomic mass is 32.2. The summed E-state index contributed by atoms with van der Waals surface area (Å²) in [7, 11) is -2.01. The van der Waals surface area contributed by atoms with Gasteiger partial charge in [-0.3, -0.25) is 4.68 Å². The molecule has 16 heavy (non-hydrogen) atoms. The van der Waals surface area contributed by atoms with Gasteiger partial charge in [0.15, 0.2) is 0 Å². The van der Waals surface area contributed by atoms with Gasteiger partial charge in [-0.25, -0.2) is 13.1 Å². The molecule has 0 atom stereocenters. The first kappa shape index (κ1) is 13.0. The van der Waals surface area contributed by atoms with E-state index in [1.54, 1.807) is 34.7 Å². The van der Waals surface area contributed by atoms with E-state index in [2.05, 4.69) is 9.82 Å². The van der Waals surface area contributed by atoms with E-state index in [1.165, 1.54) is 4.68 Å². The van der Waals surface area contributed by atoms with Crippen molar-refractivity contribution in [1.29, 1.82) is 0 Å². The SMILES string of the molecule is Cc1nn(C)c(N)c1S(=O)(=O)NC(C)(C)C. The fraction of sp³-hybridized carbons (Fsp3) is 0.667. The van der Waals surface area contributed by atoms with Gasteiger partial charge in [-0.1, -0.05) is 0 Å². The number of aryl methyl sites for hydroxylation is 2. The molecule has 6 nitrogen and oxygen atoms in total. The molecule has 0 saturated carbocycles. The van der Waals surface area contributed by atoms with Crippen molar-refractivity contribution in [3.8, 4) is 0 Å². The van der Waals surface area contributed by atoms with Crippen LogP contribution in [0, 0.1) is 6.92 Å². The Hall–Kier alpha value is -1.08. The van der Waals surface area contributed by atoms with E-state index >= 15 is 0 Å². The zero-order valence-electron chi connectivity index (χ0n) is 10.2. The molecule has 0 aliphatic rings. The van der Waals surface area contributed by atoms with Crippen molar-refractivity contribution in [3.63, 3.8) is 0 Å². The minimum absolute atomic E-state index is 0.0601. The second-order valence-corrected chi connectivity index (χ2v) is 6.40. The minimum Gasteiger partial charge on any atom is -0.383 e. The molecule has 1 rings (SSSR count). The van der Waals surface area contributed by atoms with Crippen molar-refractivity contribution >= 4 is 15.8 Å². The molecule has 0 spiro atoms. The lowest BCUT2D eigenvalue weighted by Gasteiger charge is -2.20. The fourth-order valence-corrected chi connectivity index (χ4v) is 3.19. The third-order valence-corrected chi connectivity index (χ3v) is 3.84. The molecule has 1 aromatic rings. The van der Waals surface area contributed by atoms with Crippen molar-refractivity contribution in [3.05, 3.63) is 5.69 Å². The topological polar surface area (TPSA) is 90.0 Å². The van der Waals surface area contributed by atoms with E-state index in [0.29, 0.717) is 5.69 Å². The van der Waals surface area contributed by atoms with E-state index in [9.17, 15) is 8.42 Å². The van der Waals surface area contributed by atoms with E-state index in [4.69, 9.17) is 5.73 Å². The first-order valence-corrected chi connectivity index (χ1v) is 6.36. The Morgan fingerprint density at radius 1 is 1.38 bits per heavy atom. The van der Waals surface area contributed by atoms with Gasteiger partial charge in [0.05, 0.1) is 5.69 Å². The first-order chi connectivity index (χ1) is 7.04. The Balaban J connectivity index is 3.28. The van der Waals surface area contributed by atoms with Gasteiger partial charge >= 0.3 is 0 Å². The van der Waals surface area contributed by atoms with Gasteiger partial charge in [0.25, 0.3) is 0 Å². The Bertz CT molecular complexity index is 496. The normalized spacial score (nSPS) is 13.1. The molecule has 0 saturated heterocycles. The van der Waals surface area contributed by atoms with Crippen molar-refractivity contribution in [2.45, 2.75) is 38.1 Å². The molecule has 92 valence electrons. The Kier molecular flexibility index (Phi) is 3.04. The van der Waals surface area contributed by atoms with Gasteiger partial charge in [0.1, 0.15) is 10.7 Å². The maximum Gasteiger partial charge on any atom is 0.246 e. The molecule has 0 aliphatic carbocycles. The maximum atomic E-state index is 12.1. The quantitative estimate of drug-likeness (QED) is 0.789. The number of aromatic nitrogens is 2. The summed E-state index contributed by atoms with van der Waals surface area (Å²) in [5.74, 6) is 0.147. The van der Waals surface area contributed by atoms with E-state index in [0.717, 1.165) is 0 Å². The van der Waals surface area contributed by atoms with Crippen LogP contribution in [0.25, 0.3) is 0 Å². The molecule has 0 unspecified atom stereocenters. The minimum atomic E-state index is -3.62. The number of hydrogen-bond acceptors (Lipinski definition) is 4. The van der Waals surface area contributed by atoms with E-state index < -0.39 is 15.6 Å². The van der Waals surface area contributed by atoms with Crippen LogP contribution in [0.15, 0.2) is 4.90 Å². The summed E-state index contributed by atoms with van der Waals surface area (Å²) in [5, 5.41) is 3.98. The van der Waals surface area contributed by atoms with Gasteiger partial charge in [-0.15, -0.1) is 0 Å². The first-order valence-electron chi connectivity index (χ1n) is 4.87. The van der Waals surface area contributed by atoms with Crippen LogP contribution >= 0.6 is 0 Å². The van der Waals surface area contributed by atoms with Crippen molar-refractivity contribution in [2.24, 2.45) is 7.05 Å². The molecule has 0 radical (unpaired) electrons. The molecule has 0 bridgehead atoms. The second kappa shape index (κ2) is 3.74. The lowest BCUT2D eigenvalue weighted by molar-refractivity contribution is 0.491. The molecule has 0 aromatic carbocycles. The molecule has 0 aliphatic heterocycles. The number of nitrogens with two attached hydrogens (primary N) is 1. The Morgan fingerprint density at radius 2 is 1.88 bits per heavy atom. The summed E-state index contributed by atoms with van der Waals surface area (Å²) < 4.78 is 28.0. The zero-order valence-corrected chi connectivity index (χ0v) is 11.0. The van der Waals surface area contributed by atoms with Gasteiger partial charge in [-0.2, -0.15) is 5.10 Å². The molecular formula is C9H18N4O2S. The van der Waals surface area contributed by atoms with Gasteiger partial charge in [0.2, 0.25) is 10.0 Å². The predicted molar refractivity (Wildman–Crippen MR) is 62.4 cm³/mol. The van der Waals surface area contributed by atoms with E-state index in [-0.39, 0.29) is 10.7 Å². The van der Waals surface area contributed by atoms with Crippen LogP contribution in [0.4, 0.5) is 5.82 Å². The van der Waals surface area contributed by atoms with Gasteiger partial charge in [-0.05, 0) is 27.7 Å². The summed E-state index contributed by atoms with van der Waals surface area (Å²) in [6.45, 7) is 6.93. The lowest BCUT2D eigenvalue weighted by atomic mass is 10.1. The number of hydrogen-bond donors (Lipinski definition) is 2. The molecule has 0 fully saturated rings. The number of nitrogens with one attached hydrogen (secondary N) is 1. The highest BCUT2D eigenvalue weighted by Gasteiger charge is 2.28. The molecule has 0 amide bonds. The Labute approximate surface area is 95.9 Å². The summed E-state index contributed by atoms with van der Waals surface area (Å²) in [6.07, 6.45) is 0. The number of nitrogen functional groups attached to an aromatic ring is 1. The number of anilines is 1. The standard InChI is InChI=1S/C9H18N4O2S/c1-6-7(8(10)13(5)11-6)16(14,15)12-9(2,3)4/h12H,10H2,1-5H3. The molecular weight excluding hydrogens is 228 g/mol. The average Bonchev–Trinajstić information content (AvgIpc) is 2.20. The van der Waals surface area contributed by atoms with Crippen LogP contribution in [0.3, 0.4) is 0 Å². The third-order valence-electron chi connectivity index (χ3n) is 1.92.